The quantitative estimate of drug-likeness (QED) is 0.589. The third kappa shape index (κ3) is 8.52. The lowest BCUT2D eigenvalue weighted by atomic mass is 10.4. The number of carboxylic acids is 1. The first kappa shape index (κ1) is 17.4. The number of hydrogen-bond acceptors (Lipinski definition) is 6. The Hall–Kier alpha value is -0.560. The predicted octanol–water partition coefficient (Wildman–Crippen LogP) is 1.49. The van der Waals surface area contributed by atoms with Crippen molar-refractivity contribution < 1.29 is 28.3 Å². The van der Waals surface area contributed by atoms with Crippen molar-refractivity contribution in [2.45, 2.75) is 20.3 Å². The minimum atomic E-state index is -3.28. The fourth-order valence-corrected chi connectivity index (χ4v) is 4.06. The number of aliphatic carboxylic acids is 1. The Morgan fingerprint density at radius 2 is 1.83 bits per heavy atom. The largest absolute Gasteiger partial charge is 0.481 e. The SMILES string of the molecule is CCOP(=O)(OCC)SCC(=O)NCCC(=O)O. The number of carbonyl (C=O) groups is 2. The summed E-state index contributed by atoms with van der Waals surface area (Å²) >= 11 is 0.792. The summed E-state index contributed by atoms with van der Waals surface area (Å²) in [7, 11) is 0. The Morgan fingerprint density at radius 1 is 1.28 bits per heavy atom. The Balaban J connectivity index is 3.99. The molecule has 9 heteroatoms. The lowest BCUT2D eigenvalue weighted by Gasteiger charge is -2.15. The van der Waals surface area contributed by atoms with Gasteiger partial charge in [-0.1, -0.05) is 0 Å². The lowest BCUT2D eigenvalue weighted by molar-refractivity contribution is -0.136. The maximum atomic E-state index is 11.9. The second-order valence-corrected chi connectivity index (χ2v) is 7.12. The van der Waals surface area contributed by atoms with Gasteiger partial charge in [0.1, 0.15) is 0 Å². The Kier molecular flexibility index (Phi) is 9.09. The van der Waals surface area contributed by atoms with Crippen LogP contribution in [0, 0.1) is 0 Å². The summed E-state index contributed by atoms with van der Waals surface area (Å²) in [5.74, 6) is -1.49. The van der Waals surface area contributed by atoms with Crippen molar-refractivity contribution in [2.75, 3.05) is 25.5 Å². The fraction of sp³-hybridized carbons (Fsp3) is 0.778. The summed E-state index contributed by atoms with van der Waals surface area (Å²) in [6.45, 7) is 0.573. The van der Waals surface area contributed by atoms with E-state index in [1.54, 1.807) is 13.8 Å². The van der Waals surface area contributed by atoms with Gasteiger partial charge in [0.25, 0.3) is 0 Å². The molecule has 1 amide bonds. The van der Waals surface area contributed by atoms with Crippen LogP contribution in [0.15, 0.2) is 0 Å². The number of hydrogen-bond donors (Lipinski definition) is 2. The molecule has 0 aromatic heterocycles. The Morgan fingerprint density at radius 3 is 2.28 bits per heavy atom. The van der Waals surface area contributed by atoms with Gasteiger partial charge in [-0.2, -0.15) is 0 Å². The summed E-state index contributed by atoms with van der Waals surface area (Å²) in [5.41, 5.74) is 0. The van der Waals surface area contributed by atoms with E-state index in [1.165, 1.54) is 0 Å². The molecule has 0 heterocycles. The summed E-state index contributed by atoms with van der Waals surface area (Å²) in [6.07, 6.45) is -0.148. The molecule has 0 aliphatic carbocycles. The highest BCUT2D eigenvalue weighted by Crippen LogP contribution is 2.60. The molecule has 7 nitrogen and oxygen atoms in total. The lowest BCUT2D eigenvalue weighted by Crippen LogP contribution is -2.27. The molecule has 0 aromatic carbocycles. The van der Waals surface area contributed by atoms with Crippen molar-refractivity contribution in [3.8, 4) is 0 Å². The van der Waals surface area contributed by atoms with Crippen molar-refractivity contribution in [2.24, 2.45) is 0 Å². The molecule has 0 aromatic rings. The van der Waals surface area contributed by atoms with Gasteiger partial charge in [0.2, 0.25) is 5.91 Å². The van der Waals surface area contributed by atoms with E-state index in [2.05, 4.69) is 5.32 Å². The molecule has 0 bridgehead atoms. The van der Waals surface area contributed by atoms with Gasteiger partial charge in [-0.3, -0.25) is 9.59 Å². The highest BCUT2D eigenvalue weighted by molar-refractivity contribution is 8.55. The van der Waals surface area contributed by atoms with Crippen molar-refractivity contribution in [1.29, 1.82) is 0 Å². The average Bonchev–Trinajstić information content (AvgIpc) is 2.27. The molecular formula is C9H18NO6PS. The van der Waals surface area contributed by atoms with Crippen molar-refractivity contribution in [3.05, 3.63) is 0 Å². The fourth-order valence-electron chi connectivity index (χ4n) is 0.926. The number of carbonyl (C=O) groups excluding carboxylic acids is 1. The average molecular weight is 299 g/mol. The minimum Gasteiger partial charge on any atom is -0.481 e. The Labute approximate surface area is 110 Å². The third-order valence-corrected chi connectivity index (χ3v) is 5.41. The zero-order valence-electron chi connectivity index (χ0n) is 10.4. The molecule has 0 fully saturated rings. The molecule has 0 saturated carbocycles. The van der Waals surface area contributed by atoms with Crippen LogP contribution < -0.4 is 5.32 Å². The summed E-state index contributed by atoms with van der Waals surface area (Å²) < 4.78 is 21.9. The van der Waals surface area contributed by atoms with E-state index in [0.717, 1.165) is 11.4 Å². The second kappa shape index (κ2) is 9.38. The van der Waals surface area contributed by atoms with Gasteiger partial charge in [-0.05, 0) is 25.2 Å². The predicted molar refractivity (Wildman–Crippen MR) is 68.6 cm³/mol. The van der Waals surface area contributed by atoms with Crippen molar-refractivity contribution >= 4 is 30.1 Å². The topological polar surface area (TPSA) is 102 Å². The van der Waals surface area contributed by atoms with Crippen LogP contribution >= 0.6 is 18.2 Å². The first-order valence-electron chi connectivity index (χ1n) is 5.45. The van der Waals surface area contributed by atoms with Crippen LogP contribution in [0.2, 0.25) is 0 Å². The molecule has 18 heavy (non-hydrogen) atoms. The number of nitrogens with one attached hydrogen (secondary N) is 1. The molecule has 0 rings (SSSR count). The standard InChI is InChI=1S/C9H18NO6PS/c1-3-15-17(14,16-4-2)18-7-8(11)10-6-5-9(12)13/h3-7H2,1-2H3,(H,10,11)(H,12,13). The van der Waals surface area contributed by atoms with Crippen LogP contribution in [0.5, 0.6) is 0 Å². The summed E-state index contributed by atoms with van der Waals surface area (Å²) in [4.78, 5) is 21.5. The molecule has 0 atom stereocenters. The van der Waals surface area contributed by atoms with Crippen molar-refractivity contribution in [3.63, 3.8) is 0 Å². The summed E-state index contributed by atoms with van der Waals surface area (Å²) in [5, 5.41) is 10.8. The van der Waals surface area contributed by atoms with Crippen LogP contribution in [-0.4, -0.2) is 42.5 Å². The molecule has 2 N–H and O–H groups in total. The minimum absolute atomic E-state index is 0.0439. The van der Waals surface area contributed by atoms with Crippen LogP contribution in [0.3, 0.4) is 0 Å². The highest BCUT2D eigenvalue weighted by Gasteiger charge is 2.25. The van der Waals surface area contributed by atoms with Crippen LogP contribution in [0.1, 0.15) is 20.3 Å². The Bertz CT molecular complexity index is 314. The van der Waals surface area contributed by atoms with Crippen LogP contribution in [-0.2, 0) is 23.2 Å². The van der Waals surface area contributed by atoms with Crippen molar-refractivity contribution in [1.82, 2.24) is 5.32 Å². The van der Waals surface area contributed by atoms with Gasteiger partial charge in [-0.15, -0.1) is 0 Å². The van der Waals surface area contributed by atoms with Crippen LogP contribution in [0.4, 0.5) is 0 Å². The van der Waals surface area contributed by atoms with Gasteiger partial charge < -0.3 is 19.5 Å². The first-order valence-corrected chi connectivity index (χ1v) is 8.59. The third-order valence-electron chi connectivity index (χ3n) is 1.59. The number of rotatable bonds is 10. The molecule has 0 radical (unpaired) electrons. The van der Waals surface area contributed by atoms with E-state index in [4.69, 9.17) is 14.2 Å². The number of carboxylic acid groups (broad SMARTS) is 1. The van der Waals surface area contributed by atoms with E-state index in [-0.39, 0.29) is 31.9 Å². The molecule has 0 saturated heterocycles. The number of amides is 1. The molecule has 0 spiro atoms. The van der Waals surface area contributed by atoms with E-state index >= 15 is 0 Å². The molecule has 0 unspecified atom stereocenters. The van der Waals surface area contributed by atoms with E-state index < -0.39 is 18.7 Å². The molecule has 0 aliphatic rings. The van der Waals surface area contributed by atoms with Gasteiger partial charge in [0.05, 0.1) is 25.4 Å². The normalized spacial score (nSPS) is 11.2. The zero-order chi connectivity index (χ0) is 14.0. The van der Waals surface area contributed by atoms with Gasteiger partial charge in [0, 0.05) is 6.54 Å². The maximum Gasteiger partial charge on any atom is 0.389 e. The van der Waals surface area contributed by atoms with E-state index in [0.29, 0.717) is 0 Å². The molecule has 106 valence electrons. The van der Waals surface area contributed by atoms with Gasteiger partial charge in [-0.25, -0.2) is 4.57 Å². The van der Waals surface area contributed by atoms with E-state index in [1.807, 2.05) is 0 Å². The molecule has 0 aliphatic heterocycles. The monoisotopic (exact) mass is 299 g/mol. The maximum absolute atomic E-state index is 11.9. The van der Waals surface area contributed by atoms with Crippen LogP contribution in [0.25, 0.3) is 0 Å². The van der Waals surface area contributed by atoms with Gasteiger partial charge >= 0.3 is 12.8 Å². The van der Waals surface area contributed by atoms with Gasteiger partial charge in [0.15, 0.2) is 0 Å². The molecular weight excluding hydrogens is 281 g/mol. The second-order valence-electron chi connectivity index (χ2n) is 3.05. The highest BCUT2D eigenvalue weighted by atomic mass is 32.7. The van der Waals surface area contributed by atoms with E-state index in [9.17, 15) is 14.2 Å². The first-order chi connectivity index (χ1) is 8.43. The smallest absolute Gasteiger partial charge is 0.389 e. The summed E-state index contributed by atoms with van der Waals surface area (Å²) in [6, 6.07) is 0. The zero-order valence-corrected chi connectivity index (χ0v) is 12.1.